The summed E-state index contributed by atoms with van der Waals surface area (Å²) in [6.45, 7) is 3.42. The van der Waals surface area contributed by atoms with Crippen LogP contribution in [0.15, 0.2) is 46.1 Å². The second kappa shape index (κ2) is 8.09. The molecule has 0 fully saturated rings. The number of rotatable bonds is 7. The SMILES string of the molecule is CCOc1ccc(C(=O)[C@@H](C)OC(=O)Cn2ccc(=O)[nH]c2=O)cc1. The lowest BCUT2D eigenvalue weighted by molar-refractivity contribution is -0.147. The Bertz CT molecular complexity index is 866. The number of nitrogens with one attached hydrogen (secondary N) is 1. The molecule has 0 aliphatic carbocycles. The molecule has 1 heterocycles. The highest BCUT2D eigenvalue weighted by molar-refractivity contribution is 6.00. The fourth-order valence-electron chi connectivity index (χ4n) is 2.11. The molecule has 1 N–H and O–H groups in total. The van der Waals surface area contributed by atoms with E-state index >= 15 is 0 Å². The molecule has 2 aromatic rings. The largest absolute Gasteiger partial charge is 0.494 e. The molecule has 0 radical (unpaired) electrons. The van der Waals surface area contributed by atoms with Gasteiger partial charge in [0.1, 0.15) is 12.3 Å². The number of hydrogen-bond donors (Lipinski definition) is 1. The van der Waals surface area contributed by atoms with Crippen LogP contribution in [-0.4, -0.2) is 34.0 Å². The Kier molecular flexibility index (Phi) is 5.89. The molecule has 25 heavy (non-hydrogen) atoms. The summed E-state index contributed by atoms with van der Waals surface area (Å²) in [5.41, 5.74) is -0.909. The van der Waals surface area contributed by atoms with Crippen LogP contribution in [0, 0.1) is 0 Å². The number of ether oxygens (including phenoxy) is 2. The predicted molar refractivity (Wildman–Crippen MR) is 88.8 cm³/mol. The summed E-state index contributed by atoms with van der Waals surface area (Å²) >= 11 is 0. The summed E-state index contributed by atoms with van der Waals surface area (Å²) in [4.78, 5) is 48.7. The van der Waals surface area contributed by atoms with E-state index in [0.717, 1.165) is 10.6 Å². The van der Waals surface area contributed by atoms with Crippen molar-refractivity contribution in [1.82, 2.24) is 9.55 Å². The Morgan fingerprint density at radius 2 is 1.84 bits per heavy atom. The molecule has 1 atom stereocenters. The third-order valence-electron chi connectivity index (χ3n) is 3.32. The van der Waals surface area contributed by atoms with Crippen molar-refractivity contribution >= 4 is 11.8 Å². The first kappa shape index (κ1) is 18.2. The van der Waals surface area contributed by atoms with Crippen LogP contribution in [0.4, 0.5) is 0 Å². The van der Waals surface area contributed by atoms with E-state index in [9.17, 15) is 19.2 Å². The van der Waals surface area contributed by atoms with E-state index in [4.69, 9.17) is 9.47 Å². The highest BCUT2D eigenvalue weighted by atomic mass is 16.5. The number of esters is 1. The number of H-pyrrole nitrogens is 1. The van der Waals surface area contributed by atoms with E-state index in [1.54, 1.807) is 24.3 Å². The van der Waals surface area contributed by atoms with Gasteiger partial charge in [-0.1, -0.05) is 0 Å². The van der Waals surface area contributed by atoms with E-state index in [-0.39, 0.29) is 5.78 Å². The van der Waals surface area contributed by atoms with Crippen LogP contribution < -0.4 is 16.0 Å². The first-order valence-corrected chi connectivity index (χ1v) is 7.67. The highest BCUT2D eigenvalue weighted by Crippen LogP contribution is 2.14. The average molecular weight is 346 g/mol. The number of carbonyl (C=O) groups excluding carboxylic acids is 2. The molecule has 0 saturated carbocycles. The van der Waals surface area contributed by atoms with E-state index < -0.39 is 29.9 Å². The lowest BCUT2D eigenvalue weighted by atomic mass is 10.1. The van der Waals surface area contributed by atoms with Crippen LogP contribution >= 0.6 is 0 Å². The Morgan fingerprint density at radius 1 is 1.16 bits per heavy atom. The standard InChI is InChI=1S/C17H18N2O6/c1-3-24-13-6-4-12(5-7-13)16(22)11(2)25-15(21)10-19-9-8-14(20)18-17(19)23/h4-9,11H,3,10H2,1-2H3,(H,18,20,23)/t11-/m1/s1. The van der Waals surface area contributed by atoms with Crippen molar-refractivity contribution in [3.8, 4) is 5.75 Å². The molecule has 1 aromatic carbocycles. The number of ketones is 1. The quantitative estimate of drug-likeness (QED) is 0.585. The van der Waals surface area contributed by atoms with Gasteiger partial charge in [-0.25, -0.2) is 4.79 Å². The zero-order valence-electron chi connectivity index (χ0n) is 13.9. The molecule has 0 spiro atoms. The van der Waals surface area contributed by atoms with E-state index in [1.165, 1.54) is 13.1 Å². The molecule has 0 aliphatic heterocycles. The fraction of sp³-hybridized carbons (Fsp3) is 0.294. The molecule has 1 aromatic heterocycles. The Balaban J connectivity index is 1.98. The number of carbonyl (C=O) groups is 2. The highest BCUT2D eigenvalue weighted by Gasteiger charge is 2.20. The monoisotopic (exact) mass is 346 g/mol. The predicted octanol–water partition coefficient (Wildman–Crippen LogP) is 0.750. The molecule has 8 heteroatoms. The van der Waals surface area contributed by atoms with Gasteiger partial charge in [0.15, 0.2) is 6.10 Å². The number of aromatic nitrogens is 2. The molecule has 8 nitrogen and oxygen atoms in total. The lowest BCUT2D eigenvalue weighted by Gasteiger charge is -2.13. The minimum absolute atomic E-state index is 0.370. The van der Waals surface area contributed by atoms with Crippen molar-refractivity contribution < 1.29 is 19.1 Å². The van der Waals surface area contributed by atoms with Crippen LogP contribution in [-0.2, 0) is 16.1 Å². The van der Waals surface area contributed by atoms with Crippen molar-refractivity contribution in [3.63, 3.8) is 0 Å². The zero-order chi connectivity index (χ0) is 18.4. The summed E-state index contributed by atoms with van der Waals surface area (Å²) < 4.78 is 11.3. The van der Waals surface area contributed by atoms with Crippen LogP contribution in [0.3, 0.4) is 0 Å². The van der Waals surface area contributed by atoms with Gasteiger partial charge >= 0.3 is 11.7 Å². The zero-order valence-corrected chi connectivity index (χ0v) is 13.9. The first-order valence-electron chi connectivity index (χ1n) is 7.67. The minimum atomic E-state index is -1.01. The maximum Gasteiger partial charge on any atom is 0.328 e. The Morgan fingerprint density at radius 3 is 2.44 bits per heavy atom. The number of aromatic amines is 1. The summed E-state index contributed by atoms with van der Waals surface area (Å²) in [5, 5.41) is 0. The van der Waals surface area contributed by atoms with Gasteiger partial charge in [0.05, 0.1) is 6.61 Å². The van der Waals surface area contributed by atoms with Gasteiger partial charge in [-0.2, -0.15) is 0 Å². The van der Waals surface area contributed by atoms with Crippen LogP contribution in [0.1, 0.15) is 24.2 Å². The van der Waals surface area contributed by atoms with Crippen molar-refractivity contribution in [2.75, 3.05) is 6.61 Å². The first-order chi connectivity index (χ1) is 11.9. The van der Waals surface area contributed by atoms with Crippen LogP contribution in [0.5, 0.6) is 5.75 Å². The molecule has 132 valence electrons. The molecule has 0 aliphatic rings. The third-order valence-corrected chi connectivity index (χ3v) is 3.32. The number of nitrogens with zero attached hydrogens (tertiary/aromatic N) is 1. The molecule has 0 unspecified atom stereocenters. The van der Waals surface area contributed by atoms with E-state index in [1.807, 2.05) is 11.9 Å². The molecule has 2 rings (SSSR count). The summed E-state index contributed by atoms with van der Waals surface area (Å²) in [6.07, 6.45) is 0.172. The minimum Gasteiger partial charge on any atom is -0.494 e. The van der Waals surface area contributed by atoms with Gasteiger partial charge in [-0.05, 0) is 38.1 Å². The number of Topliss-reactive ketones (excluding diaryl/α,β-unsaturated/α-hetero) is 1. The summed E-state index contributed by atoms with van der Waals surface area (Å²) in [7, 11) is 0. The number of hydrogen-bond acceptors (Lipinski definition) is 6. The van der Waals surface area contributed by atoms with Crippen molar-refractivity contribution in [2.24, 2.45) is 0 Å². The van der Waals surface area contributed by atoms with Gasteiger partial charge in [-0.15, -0.1) is 0 Å². The second-order valence-corrected chi connectivity index (χ2v) is 5.19. The van der Waals surface area contributed by atoms with Crippen LogP contribution in [0.2, 0.25) is 0 Å². The summed E-state index contributed by atoms with van der Waals surface area (Å²) in [5.74, 6) is -0.493. The van der Waals surface area contributed by atoms with Crippen molar-refractivity contribution in [3.05, 3.63) is 62.9 Å². The maximum absolute atomic E-state index is 12.3. The van der Waals surface area contributed by atoms with Crippen LogP contribution in [0.25, 0.3) is 0 Å². The number of benzene rings is 1. The molecular weight excluding hydrogens is 328 g/mol. The van der Waals surface area contributed by atoms with E-state index in [2.05, 4.69) is 0 Å². The fourth-order valence-corrected chi connectivity index (χ4v) is 2.11. The Hall–Kier alpha value is -3.16. The molecule has 0 amide bonds. The van der Waals surface area contributed by atoms with Gasteiger partial charge in [-0.3, -0.25) is 23.9 Å². The van der Waals surface area contributed by atoms with Gasteiger partial charge < -0.3 is 9.47 Å². The molecule has 0 saturated heterocycles. The van der Waals surface area contributed by atoms with Crippen molar-refractivity contribution in [2.45, 2.75) is 26.5 Å². The molecular formula is C17H18N2O6. The second-order valence-electron chi connectivity index (χ2n) is 5.19. The van der Waals surface area contributed by atoms with E-state index in [0.29, 0.717) is 17.9 Å². The maximum atomic E-state index is 12.3. The average Bonchev–Trinajstić information content (AvgIpc) is 2.57. The van der Waals surface area contributed by atoms with Gasteiger partial charge in [0.25, 0.3) is 5.56 Å². The van der Waals surface area contributed by atoms with Gasteiger partial charge in [0, 0.05) is 17.8 Å². The lowest BCUT2D eigenvalue weighted by Crippen LogP contribution is -2.33. The van der Waals surface area contributed by atoms with Gasteiger partial charge in [0.2, 0.25) is 5.78 Å². The molecule has 0 bridgehead atoms. The topological polar surface area (TPSA) is 107 Å². The third kappa shape index (κ3) is 4.90. The normalized spacial score (nSPS) is 11.6. The van der Waals surface area contributed by atoms with Crippen molar-refractivity contribution in [1.29, 1.82) is 0 Å². The summed E-state index contributed by atoms with van der Waals surface area (Å²) in [6, 6.07) is 7.60. The smallest absolute Gasteiger partial charge is 0.328 e. The Labute approximate surface area is 143 Å².